The number of ether oxygens (including phenoxy) is 1. The van der Waals surface area contributed by atoms with E-state index in [0.29, 0.717) is 37.8 Å². The number of carbonyl (C=O) groups is 1. The number of carbonyl (C=O) groups excluding carboxylic acids is 1. The van der Waals surface area contributed by atoms with Crippen molar-refractivity contribution in [3.05, 3.63) is 40.3 Å². The number of morpholine rings is 1. The number of aromatic nitrogens is 3. The summed E-state index contributed by atoms with van der Waals surface area (Å²) in [7, 11) is 0. The lowest BCUT2D eigenvalue weighted by Gasteiger charge is -2.28. The fourth-order valence-electron chi connectivity index (χ4n) is 2.57. The van der Waals surface area contributed by atoms with Crippen LogP contribution in [0.2, 0.25) is 0 Å². The Kier molecular flexibility index (Phi) is 6.35. The second-order valence-corrected chi connectivity index (χ2v) is 6.78. The molecule has 0 bridgehead atoms. The summed E-state index contributed by atoms with van der Waals surface area (Å²) in [5.74, 6) is 1.29. The van der Waals surface area contributed by atoms with E-state index in [2.05, 4.69) is 46.4 Å². The molecular weight excluding hydrogens is 400 g/mol. The van der Waals surface area contributed by atoms with E-state index < -0.39 is 0 Å². The Labute approximate surface area is 160 Å². The maximum absolute atomic E-state index is 12.1. The maximum atomic E-state index is 12.1. The molecule has 26 heavy (non-hydrogen) atoms. The number of nitrogens with zero attached hydrogens (tertiary/aromatic N) is 4. The van der Waals surface area contributed by atoms with Gasteiger partial charge in [-0.1, -0.05) is 0 Å². The third-order valence-corrected chi connectivity index (χ3v) is 4.27. The van der Waals surface area contributed by atoms with Crippen molar-refractivity contribution in [2.45, 2.75) is 6.92 Å². The monoisotopic (exact) mass is 420 g/mol. The molecular formula is C17H21BrN6O2. The van der Waals surface area contributed by atoms with E-state index in [1.54, 1.807) is 12.3 Å². The highest BCUT2D eigenvalue weighted by atomic mass is 79.9. The average Bonchev–Trinajstić information content (AvgIpc) is 2.65. The van der Waals surface area contributed by atoms with Crippen molar-refractivity contribution in [1.29, 1.82) is 0 Å². The van der Waals surface area contributed by atoms with E-state index in [4.69, 9.17) is 4.74 Å². The van der Waals surface area contributed by atoms with Crippen LogP contribution in [-0.2, 0) is 4.74 Å². The minimum Gasteiger partial charge on any atom is -0.378 e. The van der Waals surface area contributed by atoms with Crippen molar-refractivity contribution >= 4 is 33.6 Å². The van der Waals surface area contributed by atoms with E-state index in [1.165, 1.54) is 6.20 Å². The van der Waals surface area contributed by atoms with Gasteiger partial charge in [0.05, 0.1) is 18.8 Å². The zero-order chi connectivity index (χ0) is 18.4. The summed E-state index contributed by atoms with van der Waals surface area (Å²) in [5.41, 5.74) is 1.41. The Morgan fingerprint density at radius 2 is 2.04 bits per heavy atom. The molecule has 0 atom stereocenters. The molecule has 3 heterocycles. The van der Waals surface area contributed by atoms with Crippen LogP contribution >= 0.6 is 15.9 Å². The summed E-state index contributed by atoms with van der Waals surface area (Å²) in [6, 6.07) is 3.70. The molecule has 1 amide bonds. The smallest absolute Gasteiger partial charge is 0.252 e. The standard InChI is InChI=1S/C17H21BrN6O2/c1-12-8-15(24-4-6-26-7-5-24)23-17(22-12)21-3-2-20-16(25)13-9-14(18)11-19-10-13/h8-11H,2-7H2,1H3,(H,20,25)(H,21,22,23). The summed E-state index contributed by atoms with van der Waals surface area (Å²) in [4.78, 5) is 27.2. The van der Waals surface area contributed by atoms with Crippen molar-refractivity contribution < 1.29 is 9.53 Å². The van der Waals surface area contributed by atoms with Crippen molar-refractivity contribution in [2.24, 2.45) is 0 Å². The first-order chi connectivity index (χ1) is 12.6. The normalized spacial score (nSPS) is 14.2. The number of aryl methyl sites for hydroxylation is 1. The summed E-state index contributed by atoms with van der Waals surface area (Å²) in [5, 5.41) is 6.01. The van der Waals surface area contributed by atoms with Gasteiger partial charge in [0.25, 0.3) is 5.91 Å². The molecule has 9 heteroatoms. The molecule has 2 N–H and O–H groups in total. The van der Waals surface area contributed by atoms with Crippen LogP contribution in [0.1, 0.15) is 16.1 Å². The molecule has 138 valence electrons. The fourth-order valence-corrected chi connectivity index (χ4v) is 2.94. The van der Waals surface area contributed by atoms with Crippen LogP contribution in [0.15, 0.2) is 29.0 Å². The van der Waals surface area contributed by atoms with Crippen molar-refractivity contribution in [3.63, 3.8) is 0 Å². The Hall–Kier alpha value is -2.26. The molecule has 0 aliphatic carbocycles. The number of nitrogens with one attached hydrogen (secondary N) is 2. The quantitative estimate of drug-likeness (QED) is 0.685. The van der Waals surface area contributed by atoms with E-state index in [-0.39, 0.29) is 5.91 Å². The predicted molar refractivity (Wildman–Crippen MR) is 103 cm³/mol. The Balaban J connectivity index is 1.51. The summed E-state index contributed by atoms with van der Waals surface area (Å²) in [6.45, 7) is 6.00. The molecule has 2 aromatic rings. The topological polar surface area (TPSA) is 92.3 Å². The van der Waals surface area contributed by atoms with E-state index >= 15 is 0 Å². The van der Waals surface area contributed by atoms with Gasteiger partial charge in [0.1, 0.15) is 5.82 Å². The molecule has 3 rings (SSSR count). The lowest BCUT2D eigenvalue weighted by Crippen LogP contribution is -2.37. The summed E-state index contributed by atoms with van der Waals surface area (Å²) in [6.07, 6.45) is 3.17. The molecule has 1 aliphatic heterocycles. The zero-order valence-electron chi connectivity index (χ0n) is 14.5. The van der Waals surface area contributed by atoms with Crippen LogP contribution in [0.4, 0.5) is 11.8 Å². The molecule has 0 aromatic carbocycles. The zero-order valence-corrected chi connectivity index (χ0v) is 16.1. The molecule has 0 unspecified atom stereocenters. The third kappa shape index (κ3) is 5.12. The van der Waals surface area contributed by atoms with Gasteiger partial charge in [-0.2, -0.15) is 4.98 Å². The number of halogens is 1. The van der Waals surface area contributed by atoms with Gasteiger partial charge in [0, 0.05) is 54.8 Å². The van der Waals surface area contributed by atoms with Crippen molar-refractivity contribution in [3.8, 4) is 0 Å². The largest absolute Gasteiger partial charge is 0.378 e. The summed E-state index contributed by atoms with van der Waals surface area (Å²) < 4.78 is 6.15. The van der Waals surface area contributed by atoms with Crippen LogP contribution < -0.4 is 15.5 Å². The average molecular weight is 421 g/mol. The molecule has 2 aromatic heterocycles. The number of hydrogen-bond donors (Lipinski definition) is 2. The molecule has 1 aliphatic rings. The predicted octanol–water partition coefficient (Wildman–Crippen LogP) is 1.62. The number of anilines is 2. The third-order valence-electron chi connectivity index (χ3n) is 3.84. The van der Waals surface area contributed by atoms with Crippen LogP contribution in [0.25, 0.3) is 0 Å². The minimum absolute atomic E-state index is 0.167. The molecule has 8 nitrogen and oxygen atoms in total. The molecule has 1 saturated heterocycles. The van der Waals surface area contributed by atoms with Gasteiger partial charge in [-0.3, -0.25) is 9.78 Å². The highest BCUT2D eigenvalue weighted by molar-refractivity contribution is 9.10. The summed E-state index contributed by atoms with van der Waals surface area (Å²) >= 11 is 3.31. The Morgan fingerprint density at radius 3 is 2.81 bits per heavy atom. The van der Waals surface area contributed by atoms with Crippen LogP contribution in [0, 0.1) is 6.92 Å². The van der Waals surface area contributed by atoms with Gasteiger partial charge in [-0.15, -0.1) is 0 Å². The SMILES string of the molecule is Cc1cc(N2CCOCC2)nc(NCCNC(=O)c2cncc(Br)c2)n1. The maximum Gasteiger partial charge on any atom is 0.252 e. The second kappa shape index (κ2) is 8.91. The van der Waals surface area contributed by atoms with E-state index in [0.717, 1.165) is 29.1 Å². The number of rotatable bonds is 6. The van der Waals surface area contributed by atoms with Gasteiger partial charge >= 0.3 is 0 Å². The van der Waals surface area contributed by atoms with Crippen LogP contribution in [0.5, 0.6) is 0 Å². The van der Waals surface area contributed by atoms with Gasteiger partial charge in [0.2, 0.25) is 5.95 Å². The molecule has 1 fully saturated rings. The van der Waals surface area contributed by atoms with Gasteiger partial charge < -0.3 is 20.3 Å². The highest BCUT2D eigenvalue weighted by Gasteiger charge is 2.14. The van der Waals surface area contributed by atoms with Crippen molar-refractivity contribution in [1.82, 2.24) is 20.3 Å². The lowest BCUT2D eigenvalue weighted by molar-refractivity contribution is 0.0954. The van der Waals surface area contributed by atoms with Gasteiger partial charge in [-0.05, 0) is 28.9 Å². The first-order valence-corrected chi connectivity index (χ1v) is 9.22. The lowest BCUT2D eigenvalue weighted by atomic mass is 10.3. The van der Waals surface area contributed by atoms with Crippen LogP contribution in [-0.4, -0.2) is 60.3 Å². The number of pyridine rings is 1. The van der Waals surface area contributed by atoms with Gasteiger partial charge in [0.15, 0.2) is 0 Å². The Morgan fingerprint density at radius 1 is 1.23 bits per heavy atom. The number of amides is 1. The second-order valence-electron chi connectivity index (χ2n) is 5.87. The Bertz CT molecular complexity index is 767. The van der Waals surface area contributed by atoms with E-state index in [1.807, 2.05) is 13.0 Å². The minimum atomic E-state index is -0.167. The first kappa shape index (κ1) is 18.5. The molecule has 0 saturated carbocycles. The molecule has 0 spiro atoms. The van der Waals surface area contributed by atoms with Crippen LogP contribution in [0.3, 0.4) is 0 Å². The van der Waals surface area contributed by atoms with Crippen molar-refractivity contribution in [2.75, 3.05) is 49.6 Å². The van der Waals surface area contributed by atoms with Gasteiger partial charge in [-0.25, -0.2) is 4.98 Å². The van der Waals surface area contributed by atoms with E-state index in [9.17, 15) is 4.79 Å². The highest BCUT2D eigenvalue weighted by Crippen LogP contribution is 2.16. The number of hydrogen-bond acceptors (Lipinski definition) is 7. The fraction of sp³-hybridized carbons (Fsp3) is 0.412. The molecule has 0 radical (unpaired) electrons. The first-order valence-electron chi connectivity index (χ1n) is 8.43.